The molecule has 0 spiro atoms. The van der Waals surface area contributed by atoms with Crippen LogP contribution in [0.4, 0.5) is 0 Å². The molecular weight excluding hydrogens is 673 g/mol. The molecule has 0 aromatic heterocycles. The first kappa shape index (κ1) is 42.8. The van der Waals surface area contributed by atoms with Gasteiger partial charge in [-0.15, -0.1) is 0 Å². The van der Waals surface area contributed by atoms with Crippen molar-refractivity contribution in [2.75, 3.05) is 33.5 Å². The summed E-state index contributed by atoms with van der Waals surface area (Å²) in [5.41, 5.74) is -0.386. The van der Waals surface area contributed by atoms with Gasteiger partial charge in [0.2, 0.25) is 0 Å². The first-order chi connectivity index (χ1) is 24.6. The van der Waals surface area contributed by atoms with Gasteiger partial charge in [0.05, 0.1) is 32.4 Å². The number of hydrogen-bond acceptors (Lipinski definition) is 7. The van der Waals surface area contributed by atoms with E-state index in [1.165, 1.54) is 64.2 Å². The van der Waals surface area contributed by atoms with Gasteiger partial charge in [-0.3, -0.25) is 9.59 Å². The number of amides is 2. The fourth-order valence-corrected chi connectivity index (χ4v) is 9.22. The van der Waals surface area contributed by atoms with Gasteiger partial charge in [0.15, 0.2) is 8.32 Å². The maximum absolute atomic E-state index is 13.9. The van der Waals surface area contributed by atoms with E-state index in [0.717, 1.165) is 17.7 Å². The van der Waals surface area contributed by atoms with Crippen LogP contribution in [0.25, 0.3) is 0 Å². The highest BCUT2D eigenvalue weighted by atomic mass is 28.4. The van der Waals surface area contributed by atoms with Gasteiger partial charge in [-0.1, -0.05) is 71.4 Å². The van der Waals surface area contributed by atoms with Gasteiger partial charge in [0, 0.05) is 19.8 Å². The summed E-state index contributed by atoms with van der Waals surface area (Å²) in [5, 5.41) is 12.2. The van der Waals surface area contributed by atoms with Gasteiger partial charge in [-0.05, 0) is 113 Å². The molecule has 0 bridgehead atoms. The van der Waals surface area contributed by atoms with Crippen LogP contribution in [-0.2, 0) is 30.0 Å². The molecule has 2 unspecified atom stereocenters. The second kappa shape index (κ2) is 19.1. The second-order valence-corrected chi connectivity index (χ2v) is 22.7. The number of methoxy groups -OCH3 is 1. The number of benzene rings is 1. The SMILES string of the molecule is COc1ccc(CN2C(=O)[C@@](C)(CCCO[Si](C)(C)C(C)(C)C)OCC2C2CCCCC2)cc1.C[C@]1(CCCO)OCC(C2CCCCC2)NC1=O. The molecule has 4 aliphatic rings. The molecule has 1 aromatic carbocycles. The minimum absolute atomic E-state index is 0.00206. The third-order valence-corrected chi connectivity index (χ3v) is 17.4. The Morgan fingerprint density at radius 2 is 1.44 bits per heavy atom. The van der Waals surface area contributed by atoms with Gasteiger partial charge in [-0.25, -0.2) is 0 Å². The average Bonchev–Trinajstić information content (AvgIpc) is 3.13. The van der Waals surface area contributed by atoms with Crippen molar-refractivity contribution in [2.45, 2.75) is 172 Å². The molecule has 296 valence electrons. The van der Waals surface area contributed by atoms with E-state index >= 15 is 0 Å². The Morgan fingerprint density at radius 3 is 2.00 bits per heavy atom. The van der Waals surface area contributed by atoms with E-state index in [1.54, 1.807) is 7.11 Å². The zero-order valence-electron chi connectivity index (χ0n) is 33.9. The zero-order valence-corrected chi connectivity index (χ0v) is 34.9. The maximum Gasteiger partial charge on any atom is 0.255 e. The molecule has 52 heavy (non-hydrogen) atoms. The fourth-order valence-electron chi connectivity index (χ4n) is 8.13. The highest BCUT2D eigenvalue weighted by Gasteiger charge is 2.47. The summed E-state index contributed by atoms with van der Waals surface area (Å²) in [6.45, 7) is 17.8. The number of nitrogens with zero attached hydrogens (tertiary/aromatic N) is 1. The fraction of sp³-hybridized carbons (Fsp3) is 0.810. The number of morpholine rings is 2. The van der Waals surface area contributed by atoms with Gasteiger partial charge in [-0.2, -0.15) is 0 Å². The number of aliphatic hydroxyl groups excluding tert-OH is 1. The number of rotatable bonds is 13. The van der Waals surface area contributed by atoms with Crippen molar-refractivity contribution in [3.63, 3.8) is 0 Å². The molecule has 9 nitrogen and oxygen atoms in total. The normalized spacial score (nSPS) is 28.2. The zero-order chi connectivity index (χ0) is 38.0. The Hall–Kier alpha value is -1.98. The lowest BCUT2D eigenvalue weighted by Gasteiger charge is -2.48. The summed E-state index contributed by atoms with van der Waals surface area (Å²) in [6.07, 6.45) is 15.2. The number of ether oxygens (including phenoxy) is 3. The van der Waals surface area contributed by atoms with E-state index in [9.17, 15) is 9.59 Å². The summed E-state index contributed by atoms with van der Waals surface area (Å²) in [4.78, 5) is 28.2. The monoisotopic (exact) mass is 745 g/mol. The van der Waals surface area contributed by atoms with Crippen molar-refractivity contribution < 1.29 is 33.3 Å². The molecule has 2 saturated heterocycles. The number of carbonyl (C=O) groups is 2. The van der Waals surface area contributed by atoms with Gasteiger partial charge in [0.1, 0.15) is 17.0 Å². The number of nitrogens with one attached hydrogen (secondary N) is 1. The summed E-state index contributed by atoms with van der Waals surface area (Å²) in [7, 11) is -0.105. The van der Waals surface area contributed by atoms with Crippen molar-refractivity contribution in [1.82, 2.24) is 10.2 Å². The molecule has 2 aliphatic carbocycles. The predicted molar refractivity (Wildman–Crippen MR) is 210 cm³/mol. The van der Waals surface area contributed by atoms with E-state index in [-0.39, 0.29) is 35.5 Å². The molecule has 2 aliphatic heterocycles. The standard InChI is InChI=1S/C28H47NO4Si.C14H25NO3/c1-27(2,3)34(6,7)33-19-11-18-28(4)26(30)29(20-22-14-16-24(31-5)17-15-22)25(21-32-28)23-12-9-8-10-13-23;1-14(8-5-9-16)13(17)15-12(10-18-14)11-6-3-2-4-7-11/h14-17,23,25H,8-13,18-21H2,1-7H3;11-12,16H,2-10H2,1H3,(H,15,17)/t25?,28-;12?,14-/m11/s1. The van der Waals surface area contributed by atoms with Crippen LogP contribution in [0.1, 0.15) is 130 Å². The van der Waals surface area contributed by atoms with Gasteiger partial charge < -0.3 is 34.0 Å². The maximum atomic E-state index is 13.9. The summed E-state index contributed by atoms with van der Waals surface area (Å²) >= 11 is 0. The predicted octanol–water partition coefficient (Wildman–Crippen LogP) is 8.18. The Labute approximate surface area is 316 Å². The molecule has 5 rings (SSSR count). The second-order valence-electron chi connectivity index (χ2n) is 17.8. The number of aliphatic hydroxyl groups is 1. The molecule has 0 radical (unpaired) electrons. The molecule has 4 atom stereocenters. The molecule has 2 amide bonds. The van der Waals surface area contributed by atoms with Crippen LogP contribution in [0.2, 0.25) is 18.1 Å². The van der Waals surface area contributed by atoms with Crippen molar-refractivity contribution in [3.05, 3.63) is 29.8 Å². The van der Waals surface area contributed by atoms with Crippen LogP contribution < -0.4 is 10.1 Å². The molecule has 2 saturated carbocycles. The number of carbonyl (C=O) groups excluding carboxylic acids is 2. The van der Waals surface area contributed by atoms with E-state index in [2.05, 4.69) is 56.2 Å². The molecule has 4 fully saturated rings. The topological polar surface area (TPSA) is 107 Å². The highest BCUT2D eigenvalue weighted by Crippen LogP contribution is 2.39. The van der Waals surface area contributed by atoms with Gasteiger partial charge in [0.25, 0.3) is 11.8 Å². The van der Waals surface area contributed by atoms with Gasteiger partial charge >= 0.3 is 0 Å². The Balaban J connectivity index is 0.000000281. The third kappa shape index (κ3) is 11.3. The summed E-state index contributed by atoms with van der Waals surface area (Å²) in [5.74, 6) is 2.09. The lowest BCUT2D eigenvalue weighted by atomic mass is 9.81. The number of hydrogen-bond donors (Lipinski definition) is 2. The van der Waals surface area contributed by atoms with Crippen molar-refractivity contribution in [1.29, 1.82) is 0 Å². The molecule has 2 heterocycles. The average molecular weight is 745 g/mol. The van der Waals surface area contributed by atoms with Crippen molar-refractivity contribution >= 4 is 20.1 Å². The largest absolute Gasteiger partial charge is 0.497 e. The molecule has 1 aromatic rings. The van der Waals surface area contributed by atoms with E-state index < -0.39 is 19.5 Å². The Morgan fingerprint density at radius 1 is 0.865 bits per heavy atom. The smallest absolute Gasteiger partial charge is 0.255 e. The minimum Gasteiger partial charge on any atom is -0.497 e. The van der Waals surface area contributed by atoms with Crippen molar-refractivity contribution in [3.8, 4) is 5.75 Å². The van der Waals surface area contributed by atoms with E-state index in [4.69, 9.17) is 23.7 Å². The molecule has 10 heteroatoms. The van der Waals surface area contributed by atoms with E-state index in [1.807, 2.05) is 26.0 Å². The highest BCUT2D eigenvalue weighted by molar-refractivity contribution is 6.74. The van der Waals surface area contributed by atoms with Crippen LogP contribution in [0.15, 0.2) is 24.3 Å². The Bertz CT molecular complexity index is 1260. The van der Waals surface area contributed by atoms with Crippen LogP contribution in [-0.4, -0.2) is 87.0 Å². The third-order valence-electron chi connectivity index (χ3n) is 12.9. The minimum atomic E-state index is -1.79. The molecular formula is C42H72N2O7Si. The lowest BCUT2D eigenvalue weighted by molar-refractivity contribution is -0.184. The van der Waals surface area contributed by atoms with Crippen LogP contribution in [0.3, 0.4) is 0 Å². The van der Waals surface area contributed by atoms with Crippen LogP contribution in [0, 0.1) is 11.8 Å². The summed E-state index contributed by atoms with van der Waals surface area (Å²) in [6, 6.07) is 8.46. The quantitative estimate of drug-likeness (QED) is 0.155. The van der Waals surface area contributed by atoms with Crippen molar-refractivity contribution in [2.24, 2.45) is 11.8 Å². The first-order valence-corrected chi connectivity index (χ1v) is 23.3. The first-order valence-electron chi connectivity index (χ1n) is 20.4. The summed E-state index contributed by atoms with van der Waals surface area (Å²) < 4.78 is 23.9. The lowest BCUT2D eigenvalue weighted by Crippen LogP contribution is -2.61. The van der Waals surface area contributed by atoms with Crippen LogP contribution >= 0.6 is 0 Å². The molecule has 2 N–H and O–H groups in total. The van der Waals surface area contributed by atoms with E-state index in [0.29, 0.717) is 57.5 Å². The Kier molecular flexibility index (Phi) is 15.7. The van der Waals surface area contributed by atoms with Crippen LogP contribution in [0.5, 0.6) is 5.75 Å².